The summed E-state index contributed by atoms with van der Waals surface area (Å²) in [5, 5.41) is 0. The van der Waals surface area contributed by atoms with Crippen LogP contribution in [0.5, 0.6) is 11.5 Å². The third kappa shape index (κ3) is 3.32. The van der Waals surface area contributed by atoms with Crippen molar-refractivity contribution in [2.45, 2.75) is 19.4 Å². The van der Waals surface area contributed by atoms with Crippen LogP contribution in [0.25, 0.3) is 0 Å². The third-order valence-electron chi connectivity index (χ3n) is 2.77. The topological polar surface area (TPSA) is 48.1 Å². The lowest BCUT2D eigenvalue weighted by molar-refractivity contribution is 0.414. The molecule has 0 spiro atoms. The second-order valence-electron chi connectivity index (χ2n) is 4.24. The highest BCUT2D eigenvalue weighted by Gasteiger charge is 2.13. The molecule has 6 heteroatoms. The highest BCUT2D eigenvalue weighted by molar-refractivity contribution is 9.10. The second-order valence-corrected chi connectivity index (χ2v) is 5.15. The van der Waals surface area contributed by atoms with E-state index < -0.39 is 11.6 Å². The van der Waals surface area contributed by atoms with Gasteiger partial charge in [-0.2, -0.15) is 4.39 Å². The molecule has 1 aromatic carbocycles. The molecular formula is C14H13BrF2N2O. The zero-order valence-electron chi connectivity index (χ0n) is 10.7. The highest BCUT2D eigenvalue weighted by atomic mass is 79.9. The van der Waals surface area contributed by atoms with E-state index in [1.54, 1.807) is 12.1 Å². The van der Waals surface area contributed by atoms with E-state index in [9.17, 15) is 8.78 Å². The molecular weight excluding hydrogens is 330 g/mol. The smallest absolute Gasteiger partial charge is 0.201 e. The van der Waals surface area contributed by atoms with Gasteiger partial charge in [0.15, 0.2) is 11.6 Å². The lowest BCUT2D eigenvalue weighted by atomic mass is 10.1. The van der Waals surface area contributed by atoms with E-state index in [0.717, 1.165) is 18.2 Å². The van der Waals surface area contributed by atoms with Crippen molar-refractivity contribution in [1.82, 2.24) is 4.98 Å². The van der Waals surface area contributed by atoms with Crippen molar-refractivity contribution in [3.05, 3.63) is 52.3 Å². The maximum absolute atomic E-state index is 13.6. The summed E-state index contributed by atoms with van der Waals surface area (Å²) in [5.74, 6) is -1.91. The van der Waals surface area contributed by atoms with E-state index in [2.05, 4.69) is 20.9 Å². The minimum Gasteiger partial charge on any atom is -0.453 e. The van der Waals surface area contributed by atoms with Crippen LogP contribution in [0.1, 0.15) is 25.1 Å². The molecule has 3 nitrogen and oxygen atoms in total. The van der Waals surface area contributed by atoms with Gasteiger partial charge < -0.3 is 10.5 Å². The molecule has 0 saturated carbocycles. The quantitative estimate of drug-likeness (QED) is 0.841. The van der Waals surface area contributed by atoms with Crippen molar-refractivity contribution >= 4 is 15.9 Å². The molecule has 0 aliphatic rings. The van der Waals surface area contributed by atoms with Gasteiger partial charge in [0.2, 0.25) is 5.82 Å². The van der Waals surface area contributed by atoms with Crippen molar-refractivity contribution in [3.63, 3.8) is 0 Å². The first-order valence-corrected chi connectivity index (χ1v) is 6.84. The Morgan fingerprint density at radius 2 is 2.10 bits per heavy atom. The molecule has 0 amide bonds. The van der Waals surface area contributed by atoms with Crippen LogP contribution in [-0.4, -0.2) is 4.98 Å². The fraction of sp³-hybridized carbons (Fsp3) is 0.214. The summed E-state index contributed by atoms with van der Waals surface area (Å²) in [6.07, 6.45) is 2.20. The highest BCUT2D eigenvalue weighted by Crippen LogP contribution is 2.29. The van der Waals surface area contributed by atoms with E-state index in [4.69, 9.17) is 10.5 Å². The number of hydrogen-bond acceptors (Lipinski definition) is 3. The Hall–Kier alpha value is -1.53. The van der Waals surface area contributed by atoms with Crippen molar-refractivity contribution in [2.75, 3.05) is 0 Å². The summed E-state index contributed by atoms with van der Waals surface area (Å²) in [5.41, 5.74) is 6.56. The zero-order chi connectivity index (χ0) is 14.7. The molecule has 0 saturated heterocycles. The number of halogens is 3. The summed E-state index contributed by atoms with van der Waals surface area (Å²) in [4.78, 5) is 4.14. The molecule has 0 aliphatic carbocycles. The molecule has 1 aromatic heterocycles. The second kappa shape index (κ2) is 6.28. The van der Waals surface area contributed by atoms with Gasteiger partial charge in [0, 0.05) is 10.5 Å². The number of nitrogens with two attached hydrogens (primary N) is 1. The molecule has 2 rings (SSSR count). The Bertz CT molecular complexity index is 605. The molecule has 1 atom stereocenters. The summed E-state index contributed by atoms with van der Waals surface area (Å²) < 4.78 is 32.5. The lowest BCUT2D eigenvalue weighted by Gasteiger charge is -2.10. The molecule has 106 valence electrons. The van der Waals surface area contributed by atoms with Gasteiger partial charge in [0.1, 0.15) is 5.75 Å². The summed E-state index contributed by atoms with van der Waals surface area (Å²) in [6, 6.07) is 5.56. The molecule has 2 aromatic rings. The summed E-state index contributed by atoms with van der Waals surface area (Å²) in [6.45, 7) is 1.95. The number of hydrogen-bond donors (Lipinski definition) is 1. The number of benzene rings is 1. The van der Waals surface area contributed by atoms with Crippen molar-refractivity contribution in [3.8, 4) is 11.5 Å². The SMILES string of the molecule is CC[C@@H](N)c1ccc(Oc2cc(Br)cc(F)c2F)cn1. The normalized spacial score (nSPS) is 12.2. The van der Waals surface area contributed by atoms with Crippen LogP contribution in [-0.2, 0) is 0 Å². The minimum atomic E-state index is -1.04. The molecule has 0 bridgehead atoms. The average Bonchev–Trinajstić information content (AvgIpc) is 2.44. The molecule has 0 radical (unpaired) electrons. The number of aromatic nitrogens is 1. The van der Waals surface area contributed by atoms with Crippen LogP contribution < -0.4 is 10.5 Å². The molecule has 20 heavy (non-hydrogen) atoms. The van der Waals surface area contributed by atoms with E-state index >= 15 is 0 Å². The van der Waals surface area contributed by atoms with Crippen LogP contribution in [0.2, 0.25) is 0 Å². The van der Waals surface area contributed by atoms with Crippen molar-refractivity contribution in [2.24, 2.45) is 5.73 Å². The van der Waals surface area contributed by atoms with Gasteiger partial charge in [-0.25, -0.2) is 4.39 Å². The van der Waals surface area contributed by atoms with Gasteiger partial charge in [-0.1, -0.05) is 22.9 Å². The van der Waals surface area contributed by atoms with Gasteiger partial charge in [-0.05, 0) is 30.7 Å². The Kier molecular flexibility index (Phi) is 4.67. The van der Waals surface area contributed by atoms with Crippen LogP contribution in [0.3, 0.4) is 0 Å². The van der Waals surface area contributed by atoms with Crippen LogP contribution in [0.4, 0.5) is 8.78 Å². The maximum Gasteiger partial charge on any atom is 0.201 e. The van der Waals surface area contributed by atoms with Crippen molar-refractivity contribution < 1.29 is 13.5 Å². The average molecular weight is 343 g/mol. The zero-order valence-corrected chi connectivity index (χ0v) is 12.3. The van der Waals surface area contributed by atoms with Crippen LogP contribution in [0.15, 0.2) is 34.9 Å². The Morgan fingerprint density at radius 1 is 1.35 bits per heavy atom. The van der Waals surface area contributed by atoms with Gasteiger partial charge in [-0.15, -0.1) is 0 Å². The molecule has 1 heterocycles. The van der Waals surface area contributed by atoms with Crippen LogP contribution in [0, 0.1) is 11.6 Å². The van der Waals surface area contributed by atoms with Gasteiger partial charge in [0.25, 0.3) is 0 Å². The minimum absolute atomic E-state index is 0.149. The first kappa shape index (κ1) is 14.9. The molecule has 0 aliphatic heterocycles. The molecule has 2 N–H and O–H groups in total. The Morgan fingerprint density at radius 3 is 2.70 bits per heavy atom. The van der Waals surface area contributed by atoms with E-state index in [-0.39, 0.29) is 11.8 Å². The van der Waals surface area contributed by atoms with Crippen LogP contribution >= 0.6 is 15.9 Å². The fourth-order valence-corrected chi connectivity index (χ4v) is 2.02. The number of pyridine rings is 1. The lowest BCUT2D eigenvalue weighted by Crippen LogP contribution is -2.10. The monoisotopic (exact) mass is 342 g/mol. The van der Waals surface area contributed by atoms with E-state index in [1.807, 2.05) is 6.92 Å². The predicted molar refractivity (Wildman–Crippen MR) is 75.6 cm³/mol. The summed E-state index contributed by atoms with van der Waals surface area (Å²) >= 11 is 3.08. The molecule has 0 fully saturated rings. The first-order chi connectivity index (χ1) is 9.51. The summed E-state index contributed by atoms with van der Waals surface area (Å²) in [7, 11) is 0. The Balaban J connectivity index is 2.22. The number of nitrogens with zero attached hydrogens (tertiary/aromatic N) is 1. The first-order valence-electron chi connectivity index (χ1n) is 6.05. The predicted octanol–water partition coefficient (Wildman–Crippen LogP) is 4.32. The van der Waals surface area contributed by atoms with Gasteiger partial charge in [-0.3, -0.25) is 4.98 Å². The number of rotatable bonds is 4. The molecule has 0 unspecified atom stereocenters. The fourth-order valence-electron chi connectivity index (χ4n) is 1.61. The maximum atomic E-state index is 13.6. The van der Waals surface area contributed by atoms with Crippen molar-refractivity contribution in [1.29, 1.82) is 0 Å². The standard InChI is InChI=1S/C14H13BrF2N2O/c1-2-11(18)12-4-3-9(7-19-12)20-13-6-8(15)5-10(16)14(13)17/h3-7,11H,2,18H2,1H3/t11-/m1/s1. The van der Waals surface area contributed by atoms with Gasteiger partial charge >= 0.3 is 0 Å². The largest absolute Gasteiger partial charge is 0.453 e. The van der Waals surface area contributed by atoms with E-state index in [1.165, 1.54) is 12.3 Å². The third-order valence-corrected chi connectivity index (χ3v) is 3.22. The van der Waals surface area contributed by atoms with E-state index in [0.29, 0.717) is 10.2 Å². The number of ether oxygens (including phenoxy) is 1. The van der Waals surface area contributed by atoms with Gasteiger partial charge in [0.05, 0.1) is 11.9 Å². The Labute approximate surface area is 123 Å².